The van der Waals surface area contributed by atoms with Gasteiger partial charge in [-0.05, 0) is 39.8 Å². The molecule has 0 aliphatic heterocycles. The summed E-state index contributed by atoms with van der Waals surface area (Å²) in [5.74, 6) is 0.538. The largest absolute Gasteiger partial charge is 0.396 e. The van der Waals surface area contributed by atoms with E-state index in [4.69, 9.17) is 4.84 Å². The third-order valence-corrected chi connectivity index (χ3v) is 4.16. The fourth-order valence-electron chi connectivity index (χ4n) is 3.04. The molecule has 1 aliphatic carbocycles. The van der Waals surface area contributed by atoms with Gasteiger partial charge in [0, 0.05) is 12.5 Å². The minimum absolute atomic E-state index is 0.538. The van der Waals surface area contributed by atoms with Gasteiger partial charge in [0.05, 0.1) is 5.71 Å². The van der Waals surface area contributed by atoms with Crippen molar-refractivity contribution >= 4 is 5.71 Å². The highest BCUT2D eigenvalue weighted by Crippen LogP contribution is 2.15. The van der Waals surface area contributed by atoms with Crippen LogP contribution in [0, 0.1) is 5.92 Å². The van der Waals surface area contributed by atoms with Gasteiger partial charge in [-0.2, -0.15) is 0 Å². The van der Waals surface area contributed by atoms with Gasteiger partial charge in [-0.25, -0.2) is 0 Å². The van der Waals surface area contributed by atoms with Gasteiger partial charge in [0.2, 0.25) is 0 Å². The molecule has 0 aromatic carbocycles. The monoisotopic (exact) mass is 296 g/mol. The Labute approximate surface area is 132 Å². The Morgan fingerprint density at radius 2 is 1.38 bits per heavy atom. The lowest BCUT2D eigenvalue weighted by atomic mass is 10.00. The molecule has 1 atom stereocenters. The minimum Gasteiger partial charge on any atom is -0.396 e. The number of oxime groups is 1. The second kappa shape index (κ2) is 12.0. The standard InChI is InChI=1S/C18H36N2O/c1-17(15-20(2)3)16-21-19-18-13-11-9-7-5-4-6-8-10-12-14-18/h17H,4-16H2,1-3H3. The highest BCUT2D eigenvalue weighted by molar-refractivity contribution is 5.83. The predicted molar refractivity (Wildman–Crippen MR) is 91.9 cm³/mol. The van der Waals surface area contributed by atoms with Crippen molar-refractivity contribution in [2.24, 2.45) is 11.1 Å². The first-order valence-electron chi connectivity index (χ1n) is 9.01. The zero-order chi connectivity index (χ0) is 15.3. The van der Waals surface area contributed by atoms with Crippen molar-refractivity contribution in [2.75, 3.05) is 27.2 Å². The second-order valence-corrected chi connectivity index (χ2v) is 7.00. The van der Waals surface area contributed by atoms with E-state index in [0.717, 1.165) is 26.0 Å². The number of hydrogen-bond donors (Lipinski definition) is 0. The van der Waals surface area contributed by atoms with Crippen LogP contribution in [0.2, 0.25) is 0 Å². The fourth-order valence-corrected chi connectivity index (χ4v) is 3.04. The maximum Gasteiger partial charge on any atom is 0.120 e. The van der Waals surface area contributed by atoms with E-state index >= 15 is 0 Å². The van der Waals surface area contributed by atoms with Crippen molar-refractivity contribution in [3.63, 3.8) is 0 Å². The van der Waals surface area contributed by atoms with Gasteiger partial charge < -0.3 is 9.74 Å². The van der Waals surface area contributed by atoms with Crippen LogP contribution in [0.3, 0.4) is 0 Å². The number of hydrogen-bond acceptors (Lipinski definition) is 3. The van der Waals surface area contributed by atoms with Crippen LogP contribution < -0.4 is 0 Å². The normalized spacial score (nSPS) is 20.5. The van der Waals surface area contributed by atoms with E-state index in [1.807, 2.05) is 0 Å². The summed E-state index contributed by atoms with van der Waals surface area (Å²) in [6.07, 6.45) is 14.6. The van der Waals surface area contributed by atoms with Gasteiger partial charge >= 0.3 is 0 Å². The van der Waals surface area contributed by atoms with Crippen molar-refractivity contribution in [3.8, 4) is 0 Å². The van der Waals surface area contributed by atoms with E-state index in [1.54, 1.807) is 0 Å². The Bertz CT molecular complexity index is 262. The summed E-state index contributed by atoms with van der Waals surface area (Å²) in [5, 5.41) is 4.46. The molecule has 21 heavy (non-hydrogen) atoms. The van der Waals surface area contributed by atoms with Gasteiger partial charge in [-0.3, -0.25) is 0 Å². The highest BCUT2D eigenvalue weighted by Gasteiger charge is 2.06. The maximum atomic E-state index is 5.62. The molecule has 0 aromatic rings. The molecule has 1 rings (SSSR count). The summed E-state index contributed by atoms with van der Waals surface area (Å²) in [5.41, 5.74) is 1.30. The topological polar surface area (TPSA) is 24.8 Å². The third kappa shape index (κ3) is 10.8. The lowest BCUT2D eigenvalue weighted by Crippen LogP contribution is -2.22. The molecule has 0 heterocycles. The lowest BCUT2D eigenvalue weighted by Gasteiger charge is -2.16. The van der Waals surface area contributed by atoms with E-state index in [-0.39, 0.29) is 0 Å². The van der Waals surface area contributed by atoms with Crippen LogP contribution in [-0.4, -0.2) is 37.9 Å². The number of nitrogens with zero attached hydrogens (tertiary/aromatic N) is 2. The average molecular weight is 296 g/mol. The summed E-state index contributed by atoms with van der Waals surface area (Å²) < 4.78 is 0. The van der Waals surface area contributed by atoms with E-state index in [0.29, 0.717) is 5.92 Å². The molecule has 124 valence electrons. The molecule has 1 saturated carbocycles. The van der Waals surface area contributed by atoms with Crippen LogP contribution in [-0.2, 0) is 4.84 Å². The Balaban J connectivity index is 2.30. The van der Waals surface area contributed by atoms with E-state index in [9.17, 15) is 0 Å². The summed E-state index contributed by atoms with van der Waals surface area (Å²) in [6, 6.07) is 0. The molecule has 1 unspecified atom stereocenters. The van der Waals surface area contributed by atoms with Gasteiger partial charge in [0.1, 0.15) is 6.61 Å². The smallest absolute Gasteiger partial charge is 0.120 e. The summed E-state index contributed by atoms with van der Waals surface area (Å²) >= 11 is 0. The zero-order valence-corrected chi connectivity index (χ0v) is 14.6. The van der Waals surface area contributed by atoms with E-state index in [1.165, 1.54) is 63.5 Å². The summed E-state index contributed by atoms with van der Waals surface area (Å²) in [7, 11) is 4.21. The molecular weight excluding hydrogens is 260 g/mol. The Kier molecular flexibility index (Phi) is 10.6. The molecule has 1 fully saturated rings. The Hall–Kier alpha value is -0.570. The summed E-state index contributed by atoms with van der Waals surface area (Å²) in [4.78, 5) is 7.83. The van der Waals surface area contributed by atoms with Crippen LogP contribution >= 0.6 is 0 Å². The van der Waals surface area contributed by atoms with Gasteiger partial charge in [0.15, 0.2) is 0 Å². The summed E-state index contributed by atoms with van der Waals surface area (Å²) in [6.45, 7) is 4.02. The Morgan fingerprint density at radius 1 is 0.905 bits per heavy atom. The van der Waals surface area contributed by atoms with Gasteiger partial charge in [-0.1, -0.05) is 57.0 Å². The van der Waals surface area contributed by atoms with Crippen molar-refractivity contribution in [2.45, 2.75) is 77.6 Å². The first kappa shape index (κ1) is 18.5. The van der Waals surface area contributed by atoms with Crippen molar-refractivity contribution in [1.82, 2.24) is 4.90 Å². The molecule has 0 N–H and O–H groups in total. The number of rotatable bonds is 5. The second-order valence-electron chi connectivity index (χ2n) is 7.00. The molecule has 0 spiro atoms. The van der Waals surface area contributed by atoms with Crippen molar-refractivity contribution < 1.29 is 4.84 Å². The van der Waals surface area contributed by atoms with Gasteiger partial charge in [0.25, 0.3) is 0 Å². The molecule has 0 saturated heterocycles. The fraction of sp³-hybridized carbons (Fsp3) is 0.944. The lowest BCUT2D eigenvalue weighted by molar-refractivity contribution is 0.101. The first-order valence-corrected chi connectivity index (χ1v) is 9.01. The third-order valence-electron chi connectivity index (χ3n) is 4.16. The molecule has 1 aliphatic rings. The van der Waals surface area contributed by atoms with E-state index < -0.39 is 0 Å². The van der Waals surface area contributed by atoms with Crippen LogP contribution in [0.4, 0.5) is 0 Å². The average Bonchev–Trinajstić information content (AvgIpc) is 2.40. The van der Waals surface area contributed by atoms with Crippen LogP contribution in [0.5, 0.6) is 0 Å². The maximum absolute atomic E-state index is 5.62. The van der Waals surface area contributed by atoms with Crippen LogP contribution in [0.1, 0.15) is 77.6 Å². The molecular formula is C18H36N2O. The van der Waals surface area contributed by atoms with E-state index in [2.05, 4.69) is 31.1 Å². The Morgan fingerprint density at radius 3 is 1.86 bits per heavy atom. The minimum atomic E-state index is 0.538. The molecule has 0 bridgehead atoms. The highest BCUT2D eigenvalue weighted by atomic mass is 16.6. The zero-order valence-electron chi connectivity index (χ0n) is 14.6. The SMILES string of the molecule is CC(CON=C1CCCCCCCCCCC1)CN(C)C. The molecule has 0 amide bonds. The van der Waals surface area contributed by atoms with Crippen LogP contribution in [0.25, 0.3) is 0 Å². The van der Waals surface area contributed by atoms with Crippen LogP contribution in [0.15, 0.2) is 5.16 Å². The van der Waals surface area contributed by atoms with Crippen molar-refractivity contribution in [3.05, 3.63) is 0 Å². The molecule has 3 heteroatoms. The van der Waals surface area contributed by atoms with Crippen molar-refractivity contribution in [1.29, 1.82) is 0 Å². The first-order chi connectivity index (χ1) is 10.2. The quantitative estimate of drug-likeness (QED) is 0.677. The van der Waals surface area contributed by atoms with Gasteiger partial charge in [-0.15, -0.1) is 0 Å². The predicted octanol–water partition coefficient (Wildman–Crippen LogP) is 4.86. The molecule has 0 aromatic heterocycles. The molecule has 0 radical (unpaired) electrons. The molecule has 3 nitrogen and oxygen atoms in total.